The summed E-state index contributed by atoms with van der Waals surface area (Å²) in [4.78, 5) is 34.6. The van der Waals surface area contributed by atoms with Crippen molar-refractivity contribution in [2.75, 3.05) is 57.7 Å². The van der Waals surface area contributed by atoms with Gasteiger partial charge in [-0.05, 0) is 83.3 Å². The van der Waals surface area contributed by atoms with E-state index in [1.54, 1.807) is 0 Å². The topological polar surface area (TPSA) is 102 Å². The van der Waals surface area contributed by atoms with Crippen molar-refractivity contribution in [3.63, 3.8) is 0 Å². The van der Waals surface area contributed by atoms with Crippen LogP contribution in [-0.4, -0.2) is 75.6 Å². The molecule has 0 atom stereocenters. The average molecular weight is 534 g/mol. The Bertz CT molecular complexity index is 1220. The van der Waals surface area contributed by atoms with Gasteiger partial charge in [0.25, 0.3) is 5.91 Å². The van der Waals surface area contributed by atoms with E-state index in [-0.39, 0.29) is 18.5 Å². The van der Waals surface area contributed by atoms with E-state index in [1.165, 1.54) is 0 Å². The molecular weight excluding hydrogens is 490 g/mol. The molecular formula is C30H43N7O2. The lowest BCUT2D eigenvalue weighted by molar-refractivity contribution is -0.105. The van der Waals surface area contributed by atoms with Crippen molar-refractivity contribution in [3.8, 4) is 11.1 Å². The molecule has 3 rings (SSSR count). The van der Waals surface area contributed by atoms with Crippen LogP contribution in [0.5, 0.6) is 0 Å². The van der Waals surface area contributed by atoms with Gasteiger partial charge in [-0.1, -0.05) is 0 Å². The minimum atomic E-state index is -0.236. The Morgan fingerprint density at radius 2 is 1.90 bits per heavy atom. The maximum Gasteiger partial charge on any atom is 0.251 e. The smallest absolute Gasteiger partial charge is 0.251 e. The molecule has 2 aromatic rings. The third-order valence-electron chi connectivity index (χ3n) is 6.78. The Labute approximate surface area is 232 Å². The Morgan fingerprint density at radius 3 is 2.46 bits per heavy atom. The Hall–Kier alpha value is -3.69. The van der Waals surface area contributed by atoms with Gasteiger partial charge in [0.05, 0.1) is 6.67 Å². The highest BCUT2D eigenvalue weighted by Crippen LogP contribution is 2.31. The van der Waals surface area contributed by atoms with Crippen molar-refractivity contribution in [1.82, 2.24) is 25.8 Å². The predicted octanol–water partition coefficient (Wildman–Crippen LogP) is 3.37. The third-order valence-corrected chi connectivity index (χ3v) is 6.78. The number of rotatable bonds is 12. The highest BCUT2D eigenvalue weighted by Gasteiger charge is 2.20. The molecule has 9 heteroatoms. The van der Waals surface area contributed by atoms with Gasteiger partial charge in [-0.3, -0.25) is 14.5 Å². The number of likely N-dealkylation sites (N-methyl/N-ethyl adjacent to an activating group) is 1. The first-order chi connectivity index (χ1) is 18.7. The molecule has 1 aromatic heterocycles. The largest absolute Gasteiger partial charge is 0.392 e. The van der Waals surface area contributed by atoms with Crippen LogP contribution in [0.1, 0.15) is 43.6 Å². The first-order valence-electron chi connectivity index (χ1n) is 13.4. The average Bonchev–Trinajstić information content (AvgIpc) is 3.35. The lowest BCUT2D eigenvalue weighted by atomic mass is 9.96. The maximum absolute atomic E-state index is 13.6. The van der Waals surface area contributed by atoms with E-state index < -0.39 is 0 Å². The Balaban J connectivity index is 1.97. The SMILES string of the molecule is CNCc1c(NC(C)C)cc(-c2ccc(N3CCN(C)C3)nc2)cc1C(=O)NC/C(C=O)=C(C)/C=C(/C)NC. The fraction of sp³-hybridized carbons (Fsp3) is 0.433. The van der Waals surface area contributed by atoms with Gasteiger partial charge in [0, 0.05) is 79.1 Å². The molecule has 0 unspecified atom stereocenters. The summed E-state index contributed by atoms with van der Waals surface area (Å²) in [7, 11) is 5.79. The lowest BCUT2D eigenvalue weighted by Crippen LogP contribution is -2.29. The summed E-state index contributed by atoms with van der Waals surface area (Å²) in [5.74, 6) is 0.708. The number of benzene rings is 1. The number of pyridine rings is 1. The van der Waals surface area contributed by atoms with E-state index in [2.05, 4.69) is 64.1 Å². The van der Waals surface area contributed by atoms with E-state index in [4.69, 9.17) is 4.98 Å². The van der Waals surface area contributed by atoms with Crippen molar-refractivity contribution in [3.05, 3.63) is 64.5 Å². The normalized spacial score (nSPS) is 14.9. The number of nitrogens with zero attached hydrogens (tertiary/aromatic N) is 3. The molecule has 1 amide bonds. The van der Waals surface area contributed by atoms with Gasteiger partial charge in [-0.15, -0.1) is 0 Å². The van der Waals surface area contributed by atoms with Gasteiger partial charge in [-0.2, -0.15) is 0 Å². The molecule has 0 saturated carbocycles. The van der Waals surface area contributed by atoms with Crippen LogP contribution in [0, 0.1) is 0 Å². The van der Waals surface area contributed by atoms with Crippen molar-refractivity contribution >= 4 is 23.7 Å². The summed E-state index contributed by atoms with van der Waals surface area (Å²) >= 11 is 0. The molecule has 1 saturated heterocycles. The van der Waals surface area contributed by atoms with E-state index in [9.17, 15) is 9.59 Å². The number of carbonyl (C=O) groups excluding carboxylic acids is 2. The van der Waals surface area contributed by atoms with Crippen molar-refractivity contribution in [1.29, 1.82) is 0 Å². The van der Waals surface area contributed by atoms with Gasteiger partial charge in [-0.25, -0.2) is 4.98 Å². The second-order valence-electron chi connectivity index (χ2n) is 10.4. The van der Waals surface area contributed by atoms with Gasteiger partial charge in [0.1, 0.15) is 12.1 Å². The highest BCUT2D eigenvalue weighted by molar-refractivity contribution is 5.99. The zero-order chi connectivity index (χ0) is 28.5. The van der Waals surface area contributed by atoms with E-state index >= 15 is 0 Å². The molecule has 2 heterocycles. The van der Waals surface area contributed by atoms with Crippen LogP contribution in [0.4, 0.5) is 11.5 Å². The third kappa shape index (κ3) is 7.91. The summed E-state index contributed by atoms with van der Waals surface area (Å²) in [6.45, 7) is 11.4. The fourth-order valence-corrected chi connectivity index (χ4v) is 4.54. The predicted molar refractivity (Wildman–Crippen MR) is 160 cm³/mol. The fourth-order valence-electron chi connectivity index (χ4n) is 4.54. The van der Waals surface area contributed by atoms with Crippen LogP contribution < -0.4 is 26.2 Å². The van der Waals surface area contributed by atoms with Crippen LogP contribution in [0.25, 0.3) is 11.1 Å². The lowest BCUT2D eigenvalue weighted by Gasteiger charge is -2.21. The number of anilines is 2. The van der Waals surface area contributed by atoms with Gasteiger partial charge < -0.3 is 26.2 Å². The minimum absolute atomic E-state index is 0.137. The quantitative estimate of drug-likeness (QED) is 0.187. The van der Waals surface area contributed by atoms with Crippen LogP contribution >= 0.6 is 0 Å². The van der Waals surface area contributed by atoms with Crippen molar-refractivity contribution in [2.45, 2.75) is 40.3 Å². The van der Waals surface area contributed by atoms with Crippen molar-refractivity contribution in [2.24, 2.45) is 0 Å². The van der Waals surface area contributed by atoms with Crippen LogP contribution in [0.3, 0.4) is 0 Å². The van der Waals surface area contributed by atoms with Crippen LogP contribution in [0.2, 0.25) is 0 Å². The number of hydrogen-bond acceptors (Lipinski definition) is 8. The second-order valence-corrected chi connectivity index (χ2v) is 10.4. The standard InChI is InChI=1S/C30H43N7O2/c1-20(2)35-28-14-24(23-8-9-29(33-15-23)37-11-10-36(7)19-37)13-26(27(28)17-31-5)30(39)34-16-25(18-38)21(3)12-22(4)32-6/h8-9,12-15,18,20,31-32,35H,10-11,16-17,19H2,1-7H3,(H,34,39)/b22-12-,25-21-. The number of aldehydes is 1. The zero-order valence-corrected chi connectivity index (χ0v) is 24.3. The highest BCUT2D eigenvalue weighted by atomic mass is 16.1. The van der Waals surface area contributed by atoms with Gasteiger partial charge >= 0.3 is 0 Å². The van der Waals surface area contributed by atoms with Crippen LogP contribution in [0.15, 0.2) is 53.4 Å². The molecule has 0 aliphatic carbocycles. The summed E-state index contributed by atoms with van der Waals surface area (Å²) in [5, 5.41) is 12.7. The summed E-state index contributed by atoms with van der Waals surface area (Å²) in [6, 6.07) is 8.26. The molecule has 1 aliphatic heterocycles. The molecule has 0 spiro atoms. The molecule has 0 bridgehead atoms. The van der Waals surface area contributed by atoms with E-state index in [1.807, 2.05) is 52.3 Å². The molecule has 39 heavy (non-hydrogen) atoms. The monoisotopic (exact) mass is 533 g/mol. The molecule has 9 nitrogen and oxygen atoms in total. The number of hydrogen-bond donors (Lipinski definition) is 4. The zero-order valence-electron chi connectivity index (χ0n) is 24.3. The molecule has 210 valence electrons. The molecule has 1 aliphatic rings. The van der Waals surface area contributed by atoms with Gasteiger partial charge in [0.15, 0.2) is 0 Å². The molecule has 1 aromatic carbocycles. The Morgan fingerprint density at radius 1 is 1.13 bits per heavy atom. The first kappa shape index (κ1) is 29.9. The van der Waals surface area contributed by atoms with E-state index in [0.29, 0.717) is 17.7 Å². The first-order valence-corrected chi connectivity index (χ1v) is 13.4. The number of allylic oxidation sites excluding steroid dienone is 3. The Kier molecular flexibility index (Phi) is 10.7. The second kappa shape index (κ2) is 13.9. The number of aromatic nitrogens is 1. The number of nitrogens with one attached hydrogen (secondary N) is 4. The summed E-state index contributed by atoms with van der Waals surface area (Å²) in [5.41, 5.74) is 6.41. The van der Waals surface area contributed by atoms with Crippen LogP contribution in [-0.2, 0) is 11.3 Å². The minimum Gasteiger partial charge on any atom is -0.392 e. The molecule has 1 fully saturated rings. The van der Waals surface area contributed by atoms with E-state index in [0.717, 1.165) is 65.5 Å². The number of amides is 1. The van der Waals surface area contributed by atoms with Gasteiger partial charge in [0.2, 0.25) is 0 Å². The molecule has 4 N–H and O–H groups in total. The summed E-state index contributed by atoms with van der Waals surface area (Å²) < 4.78 is 0. The number of carbonyl (C=O) groups is 2. The summed E-state index contributed by atoms with van der Waals surface area (Å²) in [6.07, 6.45) is 4.57. The molecule has 0 radical (unpaired) electrons. The van der Waals surface area contributed by atoms with Crippen molar-refractivity contribution < 1.29 is 9.59 Å². The maximum atomic E-state index is 13.6.